The molecular weight excluding hydrogens is 448 g/mol. The lowest BCUT2D eigenvalue weighted by molar-refractivity contribution is 0.0923. The fourth-order valence-corrected chi connectivity index (χ4v) is 4.25. The number of hydrogen-bond donors (Lipinski definition) is 2. The lowest BCUT2D eigenvalue weighted by atomic mass is 9.91. The van der Waals surface area contributed by atoms with E-state index in [1.807, 2.05) is 54.6 Å². The predicted octanol–water partition coefficient (Wildman–Crippen LogP) is 6.00. The molecule has 1 aliphatic rings. The first kappa shape index (κ1) is 23.5. The number of benzene rings is 2. The van der Waals surface area contributed by atoms with Crippen LogP contribution in [0, 0.1) is 0 Å². The topological polar surface area (TPSA) is 76.1 Å². The lowest BCUT2D eigenvalue weighted by Gasteiger charge is -2.30. The number of halogens is 1. The molecule has 0 aliphatic heterocycles. The third-order valence-corrected chi connectivity index (χ3v) is 5.99. The average Bonchev–Trinajstić information content (AvgIpc) is 2.86. The van der Waals surface area contributed by atoms with Gasteiger partial charge in [-0.25, -0.2) is 9.97 Å². The highest BCUT2D eigenvalue weighted by molar-refractivity contribution is 5.96. The number of fused-ring (bicyclic) bond motifs is 1. The van der Waals surface area contributed by atoms with Gasteiger partial charge in [-0.1, -0.05) is 36.4 Å². The summed E-state index contributed by atoms with van der Waals surface area (Å²) in [7, 11) is 0. The second-order valence-corrected chi connectivity index (χ2v) is 8.33. The number of ether oxygens (including phenoxy) is 1. The maximum atomic E-state index is 13.0. The Balaban J connectivity index is 0.00000274. The van der Waals surface area contributed by atoms with Crippen LogP contribution >= 0.6 is 12.4 Å². The minimum Gasteiger partial charge on any atom is -0.438 e. The fraction of sp³-hybridized carbons (Fsp3) is 0.222. The smallest absolute Gasteiger partial charge is 0.257 e. The zero-order valence-electron chi connectivity index (χ0n) is 18.7. The third kappa shape index (κ3) is 5.64. The predicted molar refractivity (Wildman–Crippen MR) is 137 cm³/mol. The summed E-state index contributed by atoms with van der Waals surface area (Å²) in [4.78, 5) is 22.0. The van der Waals surface area contributed by atoms with Crippen molar-refractivity contribution in [3.05, 3.63) is 90.6 Å². The molecule has 0 radical (unpaired) electrons. The van der Waals surface area contributed by atoms with E-state index in [1.54, 1.807) is 18.3 Å². The van der Waals surface area contributed by atoms with E-state index >= 15 is 0 Å². The van der Waals surface area contributed by atoms with Crippen molar-refractivity contribution in [2.24, 2.45) is 0 Å². The first-order valence-electron chi connectivity index (χ1n) is 11.4. The Hall–Kier alpha value is -3.64. The van der Waals surface area contributed by atoms with E-state index in [0.717, 1.165) is 42.4 Å². The molecule has 2 N–H and O–H groups in total. The highest BCUT2D eigenvalue weighted by Gasteiger charge is 2.24. The van der Waals surface area contributed by atoms with Gasteiger partial charge >= 0.3 is 0 Å². The third-order valence-electron chi connectivity index (χ3n) is 5.99. The zero-order chi connectivity index (χ0) is 22.5. The van der Waals surface area contributed by atoms with E-state index in [-0.39, 0.29) is 24.4 Å². The standard InChI is InChI=1S/C27H26N4O2.ClH/c32-26(23-10-6-18-28-27(23)33-22-8-2-1-3-9-22)30-21-15-13-20(14-16-21)29-25-17-12-19-7-4-5-11-24(19)31-25;/h1-12,17-18,20-21H,13-16H2,(H,29,31)(H,30,32);1H/t20-,21+;. The number of aromatic nitrogens is 2. The molecule has 34 heavy (non-hydrogen) atoms. The summed E-state index contributed by atoms with van der Waals surface area (Å²) in [6.45, 7) is 0. The number of amides is 1. The molecule has 7 heteroatoms. The van der Waals surface area contributed by atoms with Crippen LogP contribution < -0.4 is 15.4 Å². The molecule has 2 heterocycles. The van der Waals surface area contributed by atoms with E-state index < -0.39 is 0 Å². The Morgan fingerprint density at radius 2 is 1.56 bits per heavy atom. The Kier molecular flexibility index (Phi) is 7.60. The molecule has 0 unspecified atom stereocenters. The van der Waals surface area contributed by atoms with Crippen molar-refractivity contribution >= 4 is 35.0 Å². The molecule has 2 aromatic heterocycles. The molecule has 0 saturated heterocycles. The fourth-order valence-electron chi connectivity index (χ4n) is 4.25. The summed E-state index contributed by atoms with van der Waals surface area (Å²) >= 11 is 0. The van der Waals surface area contributed by atoms with Crippen LogP contribution in [0.3, 0.4) is 0 Å². The second kappa shape index (κ2) is 11.0. The largest absolute Gasteiger partial charge is 0.438 e. The first-order valence-corrected chi connectivity index (χ1v) is 11.4. The quantitative estimate of drug-likeness (QED) is 0.358. The summed E-state index contributed by atoms with van der Waals surface area (Å²) in [5, 5.41) is 7.87. The minimum absolute atomic E-state index is 0. The summed E-state index contributed by atoms with van der Waals surface area (Å²) in [5.74, 6) is 1.72. The molecule has 1 fully saturated rings. The van der Waals surface area contributed by atoms with Crippen LogP contribution in [0.15, 0.2) is 85.1 Å². The van der Waals surface area contributed by atoms with Crippen LogP contribution in [0.25, 0.3) is 10.9 Å². The van der Waals surface area contributed by atoms with Gasteiger partial charge in [0.2, 0.25) is 5.88 Å². The number of carbonyl (C=O) groups is 1. The van der Waals surface area contributed by atoms with E-state index in [4.69, 9.17) is 9.72 Å². The maximum Gasteiger partial charge on any atom is 0.257 e. The van der Waals surface area contributed by atoms with Crippen molar-refractivity contribution in [1.82, 2.24) is 15.3 Å². The number of anilines is 1. The lowest BCUT2D eigenvalue weighted by Crippen LogP contribution is -2.40. The van der Waals surface area contributed by atoms with Gasteiger partial charge in [-0.3, -0.25) is 4.79 Å². The number of rotatable bonds is 6. The molecular formula is C27H27ClN4O2. The van der Waals surface area contributed by atoms with Gasteiger partial charge in [-0.05, 0) is 68.1 Å². The molecule has 174 valence electrons. The minimum atomic E-state index is -0.151. The van der Waals surface area contributed by atoms with Crippen molar-refractivity contribution in [1.29, 1.82) is 0 Å². The summed E-state index contributed by atoms with van der Waals surface area (Å²) in [6.07, 6.45) is 5.39. The molecule has 6 nitrogen and oxygen atoms in total. The molecule has 1 saturated carbocycles. The molecule has 0 spiro atoms. The number of carbonyl (C=O) groups excluding carboxylic acids is 1. The SMILES string of the molecule is Cl.O=C(N[C@H]1CC[C@@H](Nc2ccc3ccccc3n2)CC1)c1cccnc1Oc1ccccc1. The Morgan fingerprint density at radius 1 is 0.824 bits per heavy atom. The van der Waals surface area contributed by atoms with Gasteiger partial charge in [0.05, 0.1) is 5.52 Å². The van der Waals surface area contributed by atoms with Crippen LogP contribution in [-0.2, 0) is 0 Å². The summed E-state index contributed by atoms with van der Waals surface area (Å²) < 4.78 is 5.84. The molecule has 1 amide bonds. The summed E-state index contributed by atoms with van der Waals surface area (Å²) in [5.41, 5.74) is 1.44. The van der Waals surface area contributed by atoms with E-state index in [9.17, 15) is 4.79 Å². The highest BCUT2D eigenvalue weighted by Crippen LogP contribution is 2.25. The van der Waals surface area contributed by atoms with Crippen LogP contribution in [0.5, 0.6) is 11.6 Å². The van der Waals surface area contributed by atoms with Crippen molar-refractivity contribution in [3.63, 3.8) is 0 Å². The molecule has 2 aromatic carbocycles. The highest BCUT2D eigenvalue weighted by atomic mass is 35.5. The van der Waals surface area contributed by atoms with E-state index in [0.29, 0.717) is 23.2 Å². The Bertz CT molecular complexity index is 1240. The van der Waals surface area contributed by atoms with Crippen LogP contribution in [-0.4, -0.2) is 28.0 Å². The van der Waals surface area contributed by atoms with Gasteiger partial charge in [0.15, 0.2) is 0 Å². The van der Waals surface area contributed by atoms with Gasteiger partial charge in [0, 0.05) is 23.7 Å². The molecule has 4 aromatic rings. The van der Waals surface area contributed by atoms with Gasteiger partial charge in [0.1, 0.15) is 17.1 Å². The number of hydrogen-bond acceptors (Lipinski definition) is 5. The van der Waals surface area contributed by atoms with Crippen molar-refractivity contribution in [2.45, 2.75) is 37.8 Å². The average molecular weight is 475 g/mol. The van der Waals surface area contributed by atoms with Crippen molar-refractivity contribution in [2.75, 3.05) is 5.32 Å². The number of nitrogens with one attached hydrogen (secondary N) is 2. The Morgan fingerprint density at radius 3 is 2.38 bits per heavy atom. The van der Waals surface area contributed by atoms with Gasteiger partial charge in [-0.15, -0.1) is 12.4 Å². The van der Waals surface area contributed by atoms with E-state index in [1.165, 1.54) is 0 Å². The van der Waals surface area contributed by atoms with Gasteiger partial charge in [-0.2, -0.15) is 0 Å². The maximum absolute atomic E-state index is 13.0. The number of nitrogens with zero attached hydrogens (tertiary/aromatic N) is 2. The monoisotopic (exact) mass is 474 g/mol. The van der Waals surface area contributed by atoms with Gasteiger partial charge in [0.25, 0.3) is 5.91 Å². The van der Waals surface area contributed by atoms with Crippen molar-refractivity contribution in [3.8, 4) is 11.6 Å². The number of para-hydroxylation sites is 2. The first-order chi connectivity index (χ1) is 16.2. The van der Waals surface area contributed by atoms with Crippen molar-refractivity contribution < 1.29 is 9.53 Å². The number of pyridine rings is 2. The second-order valence-electron chi connectivity index (χ2n) is 8.33. The Labute approximate surface area is 205 Å². The van der Waals surface area contributed by atoms with Crippen LogP contribution in [0.1, 0.15) is 36.0 Å². The molecule has 5 rings (SSSR count). The zero-order valence-corrected chi connectivity index (χ0v) is 19.5. The normalized spacial score (nSPS) is 17.4. The van der Waals surface area contributed by atoms with Crippen LogP contribution in [0.4, 0.5) is 5.82 Å². The molecule has 1 aliphatic carbocycles. The molecule has 0 bridgehead atoms. The van der Waals surface area contributed by atoms with Gasteiger partial charge < -0.3 is 15.4 Å². The van der Waals surface area contributed by atoms with E-state index in [2.05, 4.69) is 27.8 Å². The summed E-state index contributed by atoms with van der Waals surface area (Å²) in [6, 6.07) is 25.6. The molecule has 0 atom stereocenters. The van der Waals surface area contributed by atoms with Crippen LogP contribution in [0.2, 0.25) is 0 Å².